The molecule has 0 saturated carbocycles. The average molecular weight is 175 g/mol. The lowest BCUT2D eigenvalue weighted by molar-refractivity contribution is -0.119. The summed E-state index contributed by atoms with van der Waals surface area (Å²) in [7, 11) is 0. The molecule has 1 unspecified atom stereocenters. The predicted octanol–water partition coefficient (Wildman–Crippen LogP) is 2.97. The van der Waals surface area contributed by atoms with Crippen LogP contribution in [0.2, 0.25) is 0 Å². The molecule has 0 spiro atoms. The molecule has 0 bridgehead atoms. The number of unbranched alkanes of at least 4 members (excludes halogenated alkanes) is 1. The lowest BCUT2D eigenvalue weighted by atomic mass is 10.1. The molecule has 0 aliphatic rings. The molecule has 0 rings (SSSR count). The highest BCUT2D eigenvalue weighted by Gasteiger charge is 2.00. The molecule has 0 aromatic heterocycles. The number of nitrogens with one attached hydrogen (secondary N) is 1. The smallest absolute Gasteiger partial charge is 0.217 e. The average Bonchev–Trinajstić information content (AvgIpc) is 1.82. The summed E-state index contributed by atoms with van der Waals surface area (Å²) < 4.78 is 0. The van der Waals surface area contributed by atoms with Gasteiger partial charge in [-0.3, -0.25) is 4.79 Å². The zero-order valence-corrected chi connectivity index (χ0v) is 7.11. The molecule has 0 heterocycles. The van der Waals surface area contributed by atoms with E-state index in [0.29, 0.717) is 6.04 Å². The van der Waals surface area contributed by atoms with Gasteiger partial charge in [0.15, 0.2) is 0 Å². The second-order valence-electron chi connectivity index (χ2n) is 2.74. The summed E-state index contributed by atoms with van der Waals surface area (Å²) in [5.74, 6) is 0.0728. The standard InChI is InChI=1S/C8H17NO.2CH4/c1-4-5-6-7(2)9-8(3)10;;/h7H,4-6H2,1-3H3,(H,9,10);2*1H4. The van der Waals surface area contributed by atoms with Crippen LogP contribution in [0, 0.1) is 0 Å². The molecule has 0 aromatic rings. The molecule has 0 aliphatic carbocycles. The van der Waals surface area contributed by atoms with Gasteiger partial charge in [-0.2, -0.15) is 0 Å². The van der Waals surface area contributed by atoms with Gasteiger partial charge in [-0.25, -0.2) is 0 Å². The highest BCUT2D eigenvalue weighted by Crippen LogP contribution is 1.98. The first-order chi connectivity index (χ1) is 4.66. The first kappa shape index (κ1) is 17.5. The number of hydrogen-bond donors (Lipinski definition) is 1. The maximum atomic E-state index is 10.5. The molecule has 12 heavy (non-hydrogen) atoms. The minimum Gasteiger partial charge on any atom is -0.354 e. The zero-order valence-electron chi connectivity index (χ0n) is 7.11. The van der Waals surface area contributed by atoms with Crippen LogP contribution in [0.5, 0.6) is 0 Å². The number of rotatable bonds is 4. The summed E-state index contributed by atoms with van der Waals surface area (Å²) in [5.41, 5.74) is 0. The van der Waals surface area contributed by atoms with Gasteiger partial charge in [0, 0.05) is 13.0 Å². The normalized spacial score (nSPS) is 10.6. The van der Waals surface area contributed by atoms with E-state index in [1.807, 2.05) is 6.92 Å². The van der Waals surface area contributed by atoms with E-state index in [0.717, 1.165) is 6.42 Å². The van der Waals surface area contributed by atoms with Gasteiger partial charge in [-0.05, 0) is 13.3 Å². The van der Waals surface area contributed by atoms with Crippen LogP contribution in [0.3, 0.4) is 0 Å². The van der Waals surface area contributed by atoms with Crippen molar-refractivity contribution in [3.63, 3.8) is 0 Å². The van der Waals surface area contributed by atoms with Crippen molar-refractivity contribution in [3.8, 4) is 0 Å². The fourth-order valence-electron chi connectivity index (χ4n) is 0.929. The van der Waals surface area contributed by atoms with Gasteiger partial charge in [-0.15, -0.1) is 0 Å². The Bertz CT molecular complexity index is 102. The Hall–Kier alpha value is -0.530. The molecule has 0 aliphatic heterocycles. The second kappa shape index (κ2) is 10.5. The van der Waals surface area contributed by atoms with Gasteiger partial charge < -0.3 is 5.32 Å². The number of amides is 1. The Morgan fingerprint density at radius 2 is 1.92 bits per heavy atom. The Kier molecular flexibility index (Phi) is 15.3. The van der Waals surface area contributed by atoms with Crippen molar-refractivity contribution in [2.75, 3.05) is 0 Å². The van der Waals surface area contributed by atoms with Crippen molar-refractivity contribution in [2.24, 2.45) is 0 Å². The molecule has 2 nitrogen and oxygen atoms in total. The Morgan fingerprint density at radius 3 is 2.25 bits per heavy atom. The number of carbonyl (C=O) groups is 1. The highest BCUT2D eigenvalue weighted by atomic mass is 16.1. The molecule has 1 amide bonds. The van der Waals surface area contributed by atoms with Crippen molar-refractivity contribution in [3.05, 3.63) is 0 Å². The van der Waals surface area contributed by atoms with E-state index in [9.17, 15) is 4.79 Å². The molecule has 0 fully saturated rings. The van der Waals surface area contributed by atoms with Gasteiger partial charge in [0.2, 0.25) is 5.91 Å². The summed E-state index contributed by atoms with van der Waals surface area (Å²) in [6.07, 6.45) is 3.49. The van der Waals surface area contributed by atoms with Gasteiger partial charge in [0.05, 0.1) is 0 Å². The largest absolute Gasteiger partial charge is 0.354 e. The first-order valence-electron chi connectivity index (χ1n) is 3.94. The van der Waals surface area contributed by atoms with Gasteiger partial charge >= 0.3 is 0 Å². The molecule has 1 atom stereocenters. The quantitative estimate of drug-likeness (QED) is 0.699. The van der Waals surface area contributed by atoms with Crippen molar-refractivity contribution < 1.29 is 4.79 Å². The fraction of sp³-hybridized carbons (Fsp3) is 0.900. The van der Waals surface area contributed by atoms with E-state index < -0.39 is 0 Å². The second-order valence-corrected chi connectivity index (χ2v) is 2.74. The van der Waals surface area contributed by atoms with Crippen LogP contribution >= 0.6 is 0 Å². The Balaban J connectivity index is -0.000000405. The fourth-order valence-corrected chi connectivity index (χ4v) is 0.929. The summed E-state index contributed by atoms with van der Waals surface area (Å²) in [6, 6.07) is 0.345. The molecular weight excluding hydrogens is 150 g/mol. The van der Waals surface area contributed by atoms with Crippen LogP contribution in [-0.2, 0) is 4.79 Å². The third-order valence-corrected chi connectivity index (χ3v) is 1.44. The Labute approximate surface area is 77.7 Å². The molecule has 1 N–H and O–H groups in total. The third kappa shape index (κ3) is 12.2. The molecule has 0 saturated heterocycles. The minimum absolute atomic E-state index is 0. The first-order valence-corrected chi connectivity index (χ1v) is 3.94. The van der Waals surface area contributed by atoms with Gasteiger partial charge in [-0.1, -0.05) is 34.6 Å². The van der Waals surface area contributed by atoms with E-state index in [4.69, 9.17) is 0 Å². The van der Waals surface area contributed by atoms with Crippen molar-refractivity contribution in [2.45, 2.75) is 60.9 Å². The minimum atomic E-state index is 0. The van der Waals surface area contributed by atoms with E-state index >= 15 is 0 Å². The molecule has 0 aromatic carbocycles. The van der Waals surface area contributed by atoms with Gasteiger partial charge in [0.25, 0.3) is 0 Å². The van der Waals surface area contributed by atoms with Crippen molar-refractivity contribution in [1.29, 1.82) is 0 Å². The predicted molar refractivity (Wildman–Crippen MR) is 56.3 cm³/mol. The lowest BCUT2D eigenvalue weighted by Gasteiger charge is -2.10. The molecule has 76 valence electrons. The topological polar surface area (TPSA) is 29.1 Å². The maximum absolute atomic E-state index is 10.5. The molecule has 2 heteroatoms. The van der Waals surface area contributed by atoms with Crippen molar-refractivity contribution in [1.82, 2.24) is 5.32 Å². The molecular formula is C10H25NO. The van der Waals surface area contributed by atoms with Crippen molar-refractivity contribution >= 4 is 5.91 Å². The van der Waals surface area contributed by atoms with Crippen LogP contribution < -0.4 is 5.32 Å². The highest BCUT2D eigenvalue weighted by molar-refractivity contribution is 5.73. The maximum Gasteiger partial charge on any atom is 0.217 e. The van der Waals surface area contributed by atoms with Gasteiger partial charge in [0.1, 0.15) is 0 Å². The van der Waals surface area contributed by atoms with E-state index in [-0.39, 0.29) is 20.8 Å². The zero-order chi connectivity index (χ0) is 7.98. The number of carbonyl (C=O) groups excluding carboxylic acids is 1. The summed E-state index contributed by atoms with van der Waals surface area (Å²) >= 11 is 0. The monoisotopic (exact) mass is 175 g/mol. The van der Waals surface area contributed by atoms with E-state index in [1.54, 1.807) is 6.92 Å². The van der Waals surface area contributed by atoms with E-state index in [1.165, 1.54) is 12.8 Å². The van der Waals surface area contributed by atoms with Crippen LogP contribution in [0.4, 0.5) is 0 Å². The summed E-state index contributed by atoms with van der Waals surface area (Å²) in [5, 5.41) is 2.84. The molecule has 0 radical (unpaired) electrons. The van der Waals surface area contributed by atoms with Crippen LogP contribution in [-0.4, -0.2) is 11.9 Å². The third-order valence-electron chi connectivity index (χ3n) is 1.44. The SMILES string of the molecule is C.C.CCCCC(C)NC(C)=O. The Morgan fingerprint density at radius 1 is 1.42 bits per heavy atom. The van der Waals surface area contributed by atoms with Crippen LogP contribution in [0.15, 0.2) is 0 Å². The van der Waals surface area contributed by atoms with Crippen LogP contribution in [0.1, 0.15) is 54.9 Å². The van der Waals surface area contributed by atoms with Crippen LogP contribution in [0.25, 0.3) is 0 Å². The summed E-state index contributed by atoms with van der Waals surface area (Å²) in [6.45, 7) is 5.75. The lowest BCUT2D eigenvalue weighted by Crippen LogP contribution is -2.30. The summed E-state index contributed by atoms with van der Waals surface area (Å²) in [4.78, 5) is 10.5. The van der Waals surface area contributed by atoms with E-state index in [2.05, 4.69) is 12.2 Å². The number of hydrogen-bond acceptors (Lipinski definition) is 1.